The number of ether oxygens (including phenoxy) is 1. The van der Waals surface area contributed by atoms with Gasteiger partial charge in [-0.2, -0.15) is 0 Å². The molecule has 0 aromatic carbocycles. The molecule has 0 aliphatic carbocycles. The van der Waals surface area contributed by atoms with E-state index in [0.717, 1.165) is 5.76 Å². The largest absolute Gasteiger partial charge is 0.469 e. The average Bonchev–Trinajstić information content (AvgIpc) is 3.10. The van der Waals surface area contributed by atoms with Gasteiger partial charge < -0.3 is 14.1 Å². The summed E-state index contributed by atoms with van der Waals surface area (Å²) in [4.78, 5) is 14.1. The van der Waals surface area contributed by atoms with Crippen LogP contribution < -0.4 is 0 Å². The monoisotopic (exact) mass is 276 g/mol. The van der Waals surface area contributed by atoms with Crippen LogP contribution in [0.15, 0.2) is 29.1 Å². The van der Waals surface area contributed by atoms with E-state index in [1.165, 1.54) is 6.26 Å². The minimum Gasteiger partial charge on any atom is -0.469 e. The number of hydrogen-bond acceptors (Lipinski definition) is 5. The maximum absolute atomic E-state index is 12.3. The number of carbonyl (C=O) groups excluding carboxylic acids is 1. The number of furan rings is 1. The third-order valence-electron chi connectivity index (χ3n) is 3.27. The van der Waals surface area contributed by atoms with Crippen LogP contribution in [-0.2, 0) is 11.3 Å². The van der Waals surface area contributed by atoms with E-state index in [-0.39, 0.29) is 12.0 Å². The molecule has 2 aromatic rings. The fourth-order valence-electron chi connectivity index (χ4n) is 2.29. The zero-order valence-electron chi connectivity index (χ0n) is 11.2. The Morgan fingerprint density at radius 1 is 1.55 bits per heavy atom. The van der Waals surface area contributed by atoms with Gasteiger partial charge in [0.2, 0.25) is 0 Å². The van der Waals surface area contributed by atoms with Crippen molar-refractivity contribution in [3.8, 4) is 0 Å². The highest BCUT2D eigenvalue weighted by Crippen LogP contribution is 2.14. The number of rotatable bonds is 3. The van der Waals surface area contributed by atoms with Gasteiger partial charge in [-0.1, -0.05) is 5.21 Å². The van der Waals surface area contributed by atoms with Crippen molar-refractivity contribution < 1.29 is 13.9 Å². The molecule has 0 bridgehead atoms. The maximum atomic E-state index is 12.3. The summed E-state index contributed by atoms with van der Waals surface area (Å²) >= 11 is 0. The Hall–Kier alpha value is -2.15. The fourth-order valence-corrected chi connectivity index (χ4v) is 2.29. The van der Waals surface area contributed by atoms with E-state index < -0.39 is 0 Å². The van der Waals surface area contributed by atoms with Gasteiger partial charge in [-0.15, -0.1) is 5.10 Å². The van der Waals surface area contributed by atoms with Gasteiger partial charge >= 0.3 is 0 Å². The first-order valence-corrected chi connectivity index (χ1v) is 6.52. The molecule has 3 heterocycles. The Kier molecular flexibility index (Phi) is 3.51. The second-order valence-electron chi connectivity index (χ2n) is 4.82. The van der Waals surface area contributed by atoms with Crippen molar-refractivity contribution in [1.82, 2.24) is 19.9 Å². The molecule has 20 heavy (non-hydrogen) atoms. The Morgan fingerprint density at radius 2 is 2.45 bits per heavy atom. The molecule has 1 fully saturated rings. The lowest BCUT2D eigenvalue weighted by atomic mass is 10.2. The van der Waals surface area contributed by atoms with E-state index >= 15 is 0 Å². The van der Waals surface area contributed by atoms with Gasteiger partial charge in [-0.3, -0.25) is 4.79 Å². The fraction of sp³-hybridized carbons (Fsp3) is 0.462. The van der Waals surface area contributed by atoms with Crippen LogP contribution in [0.1, 0.15) is 16.1 Å². The van der Waals surface area contributed by atoms with Crippen LogP contribution in [0.2, 0.25) is 0 Å². The lowest BCUT2D eigenvalue weighted by Crippen LogP contribution is -2.47. The lowest BCUT2D eigenvalue weighted by Gasteiger charge is -2.32. The van der Waals surface area contributed by atoms with E-state index in [1.54, 1.807) is 28.0 Å². The molecule has 0 spiro atoms. The second kappa shape index (κ2) is 5.46. The summed E-state index contributed by atoms with van der Waals surface area (Å²) in [7, 11) is 0. The topological polar surface area (TPSA) is 73.4 Å². The van der Waals surface area contributed by atoms with Crippen LogP contribution in [0.3, 0.4) is 0 Å². The molecule has 1 amide bonds. The Bertz CT molecular complexity index is 578. The van der Waals surface area contributed by atoms with Gasteiger partial charge in [0.15, 0.2) is 0 Å². The summed E-state index contributed by atoms with van der Waals surface area (Å²) in [6.07, 6.45) is 4.84. The van der Waals surface area contributed by atoms with Crippen molar-refractivity contribution in [3.05, 3.63) is 36.0 Å². The number of aryl methyl sites for hydroxylation is 1. The predicted octanol–water partition coefficient (Wildman–Crippen LogP) is 0.721. The summed E-state index contributed by atoms with van der Waals surface area (Å²) in [5.41, 5.74) is 0.587. The number of amides is 1. The van der Waals surface area contributed by atoms with Gasteiger partial charge in [-0.25, -0.2) is 4.68 Å². The average molecular weight is 276 g/mol. The van der Waals surface area contributed by atoms with Crippen molar-refractivity contribution >= 4 is 5.91 Å². The van der Waals surface area contributed by atoms with Crippen molar-refractivity contribution in [2.45, 2.75) is 19.6 Å². The van der Waals surface area contributed by atoms with E-state index in [1.807, 2.05) is 6.92 Å². The van der Waals surface area contributed by atoms with Crippen molar-refractivity contribution in [1.29, 1.82) is 0 Å². The molecule has 1 atom stereocenters. The molecule has 0 N–H and O–H groups in total. The predicted molar refractivity (Wildman–Crippen MR) is 69.1 cm³/mol. The molecule has 7 heteroatoms. The maximum Gasteiger partial charge on any atom is 0.257 e. The highest BCUT2D eigenvalue weighted by molar-refractivity contribution is 5.94. The number of nitrogens with zero attached hydrogens (tertiary/aromatic N) is 4. The minimum absolute atomic E-state index is 0.0197. The third-order valence-corrected chi connectivity index (χ3v) is 3.27. The molecule has 106 valence electrons. The van der Waals surface area contributed by atoms with Crippen molar-refractivity contribution in [3.63, 3.8) is 0 Å². The molecule has 1 aliphatic heterocycles. The SMILES string of the molecule is Cc1cc(C(=O)N2CCOC(Cn3ccnn3)C2)co1. The molecule has 1 aliphatic rings. The molecule has 3 rings (SSSR count). The second-order valence-corrected chi connectivity index (χ2v) is 4.82. The third kappa shape index (κ3) is 2.72. The highest BCUT2D eigenvalue weighted by Gasteiger charge is 2.26. The standard InChI is InChI=1S/C13H16N4O3/c1-10-6-11(9-20-10)13(18)16-4-5-19-12(7-16)8-17-3-2-14-15-17/h2-3,6,9,12H,4-5,7-8H2,1H3. The summed E-state index contributed by atoms with van der Waals surface area (Å²) in [6, 6.07) is 1.75. The first-order valence-electron chi connectivity index (χ1n) is 6.52. The number of aromatic nitrogens is 3. The smallest absolute Gasteiger partial charge is 0.257 e. The van der Waals surface area contributed by atoms with Gasteiger partial charge in [0.25, 0.3) is 5.91 Å². The van der Waals surface area contributed by atoms with Gasteiger partial charge in [0.1, 0.15) is 12.0 Å². The van der Waals surface area contributed by atoms with Crippen LogP contribution in [0, 0.1) is 6.92 Å². The van der Waals surface area contributed by atoms with E-state index in [2.05, 4.69) is 10.3 Å². The van der Waals surface area contributed by atoms with Crippen LogP contribution in [-0.4, -0.2) is 51.6 Å². The van der Waals surface area contributed by atoms with Gasteiger partial charge in [0.05, 0.1) is 31.0 Å². The van der Waals surface area contributed by atoms with Crippen molar-refractivity contribution in [2.24, 2.45) is 0 Å². The van der Waals surface area contributed by atoms with E-state index in [9.17, 15) is 4.79 Å². The minimum atomic E-state index is -0.0672. The molecular weight excluding hydrogens is 260 g/mol. The quantitative estimate of drug-likeness (QED) is 0.826. The zero-order chi connectivity index (χ0) is 13.9. The number of morpholine rings is 1. The zero-order valence-corrected chi connectivity index (χ0v) is 11.2. The normalized spacial score (nSPS) is 19.2. The number of carbonyl (C=O) groups is 1. The highest BCUT2D eigenvalue weighted by atomic mass is 16.5. The van der Waals surface area contributed by atoms with E-state index in [4.69, 9.17) is 9.15 Å². The molecule has 1 unspecified atom stereocenters. The summed E-state index contributed by atoms with van der Waals surface area (Å²) in [6.45, 7) is 4.08. The van der Waals surface area contributed by atoms with Crippen LogP contribution >= 0.6 is 0 Å². The number of hydrogen-bond donors (Lipinski definition) is 0. The van der Waals surface area contributed by atoms with Crippen LogP contribution in [0.25, 0.3) is 0 Å². The Balaban J connectivity index is 1.64. The first-order chi connectivity index (χ1) is 9.72. The van der Waals surface area contributed by atoms with Crippen LogP contribution in [0.5, 0.6) is 0 Å². The molecule has 0 saturated carbocycles. The Labute approximate surface area is 116 Å². The van der Waals surface area contributed by atoms with Gasteiger partial charge in [0, 0.05) is 19.3 Å². The molecule has 7 nitrogen and oxygen atoms in total. The molecule has 1 saturated heterocycles. The molecule has 2 aromatic heterocycles. The summed E-state index contributed by atoms with van der Waals surface area (Å²) in [5, 5.41) is 7.67. The Morgan fingerprint density at radius 3 is 3.15 bits per heavy atom. The summed E-state index contributed by atoms with van der Waals surface area (Å²) in [5.74, 6) is 0.717. The summed E-state index contributed by atoms with van der Waals surface area (Å²) < 4.78 is 12.6. The lowest BCUT2D eigenvalue weighted by molar-refractivity contribution is -0.0302. The molecular formula is C13H16N4O3. The van der Waals surface area contributed by atoms with Gasteiger partial charge in [-0.05, 0) is 13.0 Å². The first kappa shape index (κ1) is 12.9. The van der Waals surface area contributed by atoms with Crippen molar-refractivity contribution in [2.75, 3.05) is 19.7 Å². The van der Waals surface area contributed by atoms with Crippen LogP contribution in [0.4, 0.5) is 0 Å². The molecule has 0 radical (unpaired) electrons. The van der Waals surface area contributed by atoms with E-state index in [0.29, 0.717) is 31.8 Å².